The first-order valence-electron chi connectivity index (χ1n) is 27.7. The molecule has 1 heterocycles. The molecule has 0 radical (unpaired) electrons. The fourth-order valence-corrected chi connectivity index (χ4v) is 10.2. The van der Waals surface area contributed by atoms with Crippen LogP contribution in [0.4, 0.5) is 0 Å². The molecule has 0 spiro atoms. The molecule has 0 aromatic heterocycles. The molecule has 3 heteroatoms. The molecule has 362 valence electrons. The van der Waals surface area contributed by atoms with Gasteiger partial charge >= 0.3 is 166 Å². The smallest absolute Gasteiger partial charge is 0.493 e. The maximum atomic E-state index is 11.3. The number of hydrogen-bond acceptors (Lipinski definition) is 0. The van der Waals surface area contributed by atoms with Crippen LogP contribution in [0, 0.1) is 0 Å². The van der Waals surface area contributed by atoms with E-state index in [1.54, 1.807) is 0 Å². The van der Waals surface area contributed by atoms with E-state index in [1.165, 1.54) is 238 Å². The number of hydrogen-bond donors (Lipinski definition) is 0. The summed E-state index contributed by atoms with van der Waals surface area (Å²) in [6.07, 6.45) is 53.4. The van der Waals surface area contributed by atoms with Crippen LogP contribution < -0.4 is 0 Å². The van der Waals surface area contributed by atoms with Crippen molar-refractivity contribution in [3.8, 4) is 0 Å². The summed E-state index contributed by atoms with van der Waals surface area (Å²) in [5, 5.41) is 2.87. The minimum atomic E-state index is 0.903. The van der Waals surface area contributed by atoms with Crippen molar-refractivity contribution in [1.29, 1.82) is 0 Å². The van der Waals surface area contributed by atoms with Crippen molar-refractivity contribution in [2.24, 2.45) is 0 Å². The zero-order valence-corrected chi connectivity index (χ0v) is 43.5. The predicted molar refractivity (Wildman–Crippen MR) is 278 cm³/mol. The Bertz CT molecular complexity index is 1410. The average Bonchev–Trinajstić information content (AvgIpc) is 3.64. The van der Waals surface area contributed by atoms with Crippen molar-refractivity contribution < 1.29 is 19.1 Å². The number of allylic oxidation sites excluding steroid dienone is 2. The van der Waals surface area contributed by atoms with Gasteiger partial charge < -0.3 is 5.53 Å². The Kier molecular flexibility index (Phi) is 37.6. The Balaban J connectivity index is 0.000000434. The van der Waals surface area contributed by atoms with Crippen molar-refractivity contribution in [2.45, 2.75) is 283 Å². The number of nitrogens with zero attached hydrogens (tertiary/aromatic N) is 2. The van der Waals surface area contributed by atoms with Gasteiger partial charge in [0.25, 0.3) is 0 Å². The molecule has 0 fully saturated rings. The molecule has 2 aromatic rings. The van der Waals surface area contributed by atoms with E-state index in [9.17, 15) is 5.53 Å². The molecule has 1 aliphatic heterocycles. The van der Waals surface area contributed by atoms with E-state index in [0.717, 1.165) is 54.6 Å². The fourth-order valence-electron chi connectivity index (χ4n) is 8.97. The van der Waals surface area contributed by atoms with Crippen LogP contribution in [-0.2, 0) is 27.3 Å². The van der Waals surface area contributed by atoms with E-state index in [0.29, 0.717) is 0 Å². The number of aryl methyl sites for hydroxylation is 2. The summed E-state index contributed by atoms with van der Waals surface area (Å²) in [7, 11) is 0. The second-order valence-electron chi connectivity index (χ2n) is 19.1. The standard InChI is InChI=1S/C30H40N2.2C15H31.Ni/c1-4-7-10-14-24-16-12-19-26(21-24)29-23-28(18-9-6-3)30(32(29)31)27-20-13-17-25(22-27)15-11-8-5-2;2*1-3-5-7-9-11-13-15-14-12-10-8-6-4-2;/h12-13,16-17,19-23H,4-11,14-15,18H2,1-3H3;2*1,3-15H2,2H3;. The first-order valence-corrected chi connectivity index (χ1v) is 29.1. The van der Waals surface area contributed by atoms with Gasteiger partial charge in [-0.25, -0.2) is 4.70 Å². The normalized spacial score (nSPS) is 12.7. The maximum absolute atomic E-state index is 11.3. The van der Waals surface area contributed by atoms with Crippen molar-refractivity contribution in [3.05, 3.63) is 88.0 Å². The van der Waals surface area contributed by atoms with E-state index < -0.39 is 0 Å². The molecule has 0 N–H and O–H groups in total. The monoisotopic (exact) mass is 909 g/mol. The molecular weight excluding hydrogens is 807 g/mol. The molecular formula is C60H102N2Ni. The molecule has 0 saturated heterocycles. The molecule has 0 aliphatic carbocycles. The molecule has 0 saturated carbocycles. The van der Waals surface area contributed by atoms with Crippen LogP contribution in [0.2, 0.25) is 10.8 Å². The molecule has 2 aromatic carbocycles. The summed E-state index contributed by atoms with van der Waals surface area (Å²) in [6.45, 7) is 11.3. The van der Waals surface area contributed by atoms with Crippen LogP contribution in [-0.4, -0.2) is 4.70 Å². The van der Waals surface area contributed by atoms with E-state index in [4.69, 9.17) is 0 Å². The first-order chi connectivity index (χ1) is 31.1. The molecule has 2 nitrogen and oxygen atoms in total. The Labute approximate surface area is 399 Å². The summed E-state index contributed by atoms with van der Waals surface area (Å²) in [4.78, 5) is 0. The van der Waals surface area contributed by atoms with E-state index in [1.807, 2.05) is 14.4 Å². The third-order valence-corrected chi connectivity index (χ3v) is 14.5. The summed E-state index contributed by atoms with van der Waals surface area (Å²) in [5.41, 5.74) is 19.4. The van der Waals surface area contributed by atoms with Gasteiger partial charge in [0.05, 0.1) is 0 Å². The quantitative estimate of drug-likeness (QED) is 0.0361. The van der Waals surface area contributed by atoms with Gasteiger partial charge in [0.1, 0.15) is 0 Å². The molecule has 0 atom stereocenters. The van der Waals surface area contributed by atoms with Crippen LogP contribution in [0.25, 0.3) is 16.9 Å². The Hall–Kier alpha value is -1.99. The van der Waals surface area contributed by atoms with E-state index in [-0.39, 0.29) is 0 Å². The molecule has 0 amide bonds. The number of rotatable bonds is 41. The minimum Gasteiger partial charge on any atom is -0.493 e. The molecule has 1 aliphatic rings. The van der Waals surface area contributed by atoms with Crippen molar-refractivity contribution in [2.75, 3.05) is 0 Å². The summed E-state index contributed by atoms with van der Waals surface area (Å²) in [5.74, 6) is 0. The van der Waals surface area contributed by atoms with Crippen molar-refractivity contribution in [3.63, 3.8) is 0 Å². The predicted octanol–water partition coefficient (Wildman–Crippen LogP) is 21.2. The average molecular weight is 910 g/mol. The number of unbranched alkanes of at least 4 members (excludes halogenated alkanes) is 29. The van der Waals surface area contributed by atoms with Gasteiger partial charge in [0.2, 0.25) is 11.4 Å². The van der Waals surface area contributed by atoms with E-state index in [2.05, 4.69) is 89.2 Å². The minimum absolute atomic E-state index is 0.903. The SMILES string of the molecule is CCCCCCCCCCCCCC[CH2][Ni][CH2]CCCCCCCCCCCCCC.CCCCCc1cccc(C2=CC(CCCC)=C(c3cccc(CCCCC)c3)[N+]2=[N-])c1. The topological polar surface area (TPSA) is 25.3 Å². The van der Waals surface area contributed by atoms with Crippen LogP contribution in [0.5, 0.6) is 0 Å². The Morgan fingerprint density at radius 2 is 0.730 bits per heavy atom. The van der Waals surface area contributed by atoms with Gasteiger partial charge in [-0.05, 0) is 73.9 Å². The van der Waals surface area contributed by atoms with Crippen LogP contribution in [0.1, 0.15) is 282 Å². The first kappa shape index (κ1) is 57.1. The second kappa shape index (κ2) is 41.4. The van der Waals surface area contributed by atoms with Gasteiger partial charge in [-0.3, -0.25) is 0 Å². The summed E-state index contributed by atoms with van der Waals surface area (Å²) < 4.78 is 1.45. The zero-order chi connectivity index (χ0) is 45.3. The van der Waals surface area contributed by atoms with Gasteiger partial charge in [0, 0.05) is 22.8 Å². The Morgan fingerprint density at radius 3 is 1.14 bits per heavy atom. The van der Waals surface area contributed by atoms with Gasteiger partial charge in [-0.2, -0.15) is 0 Å². The molecule has 63 heavy (non-hydrogen) atoms. The van der Waals surface area contributed by atoms with Crippen molar-refractivity contribution in [1.82, 2.24) is 0 Å². The third kappa shape index (κ3) is 28.6. The second-order valence-corrected chi connectivity index (χ2v) is 20.6. The van der Waals surface area contributed by atoms with Gasteiger partial charge in [-0.15, -0.1) is 0 Å². The molecule has 3 rings (SSSR count). The summed E-state index contributed by atoms with van der Waals surface area (Å²) in [6, 6.07) is 17.5. The van der Waals surface area contributed by atoms with Crippen LogP contribution >= 0.6 is 0 Å². The van der Waals surface area contributed by atoms with Gasteiger partial charge in [-0.1, -0.05) is 117 Å². The molecule has 0 bridgehead atoms. The van der Waals surface area contributed by atoms with Crippen LogP contribution in [0.15, 0.2) is 60.2 Å². The van der Waals surface area contributed by atoms with E-state index >= 15 is 0 Å². The van der Waals surface area contributed by atoms with Crippen LogP contribution in [0.3, 0.4) is 0 Å². The van der Waals surface area contributed by atoms with Gasteiger partial charge in [0.15, 0.2) is 0 Å². The summed E-state index contributed by atoms with van der Waals surface area (Å²) >= 11 is 2.04. The Morgan fingerprint density at radius 1 is 0.381 bits per heavy atom. The zero-order valence-electron chi connectivity index (χ0n) is 42.5. The van der Waals surface area contributed by atoms with Crippen molar-refractivity contribution >= 4 is 11.4 Å². The number of benzene rings is 2. The fraction of sp³-hybridized carbons (Fsp3) is 0.733. The molecule has 0 unspecified atom stereocenters. The third-order valence-electron chi connectivity index (χ3n) is 13.1.